The minimum atomic E-state index is -3.16. The molecule has 10 nitrogen and oxygen atoms in total. The standard InChI is InChI=1S/C4H6O6.CH2O4/c5-2(6)1-4(9,10)3(7)8;2-1(3)5-4/h9-10H,1H2,(H,5,6)(H,7,8);4H,(H,2,3). The molecule has 0 unspecified atom stereocenters. The molecular weight excluding hydrogens is 220 g/mol. The van der Waals surface area contributed by atoms with E-state index in [-0.39, 0.29) is 0 Å². The fourth-order valence-corrected chi connectivity index (χ4v) is 0.286. The fourth-order valence-electron chi connectivity index (χ4n) is 0.286. The first-order valence-corrected chi connectivity index (χ1v) is 3.07. The van der Waals surface area contributed by atoms with Crippen molar-refractivity contribution in [2.24, 2.45) is 0 Å². The van der Waals surface area contributed by atoms with Gasteiger partial charge in [0.25, 0.3) is 5.79 Å². The number of carboxylic acids is 2. The molecule has 0 radical (unpaired) electrons. The Morgan fingerprint density at radius 3 is 1.47 bits per heavy atom. The molecule has 0 aromatic heterocycles. The first-order valence-electron chi connectivity index (χ1n) is 3.07. The summed E-state index contributed by atoms with van der Waals surface area (Å²) in [6.45, 7) is 0. The summed E-state index contributed by atoms with van der Waals surface area (Å²) >= 11 is 0. The van der Waals surface area contributed by atoms with E-state index in [1.807, 2.05) is 0 Å². The van der Waals surface area contributed by atoms with Gasteiger partial charge in [0.1, 0.15) is 6.42 Å². The van der Waals surface area contributed by atoms with Gasteiger partial charge in [-0.25, -0.2) is 9.59 Å². The zero-order chi connectivity index (χ0) is 12.6. The highest BCUT2D eigenvalue weighted by Crippen LogP contribution is 2.04. The van der Waals surface area contributed by atoms with Crippen LogP contribution in [0.2, 0.25) is 0 Å². The highest BCUT2D eigenvalue weighted by molar-refractivity contribution is 5.81. The number of carboxylic acid groups (broad SMARTS) is 3. The van der Waals surface area contributed by atoms with Crippen LogP contribution in [0.4, 0.5) is 4.79 Å². The maximum atomic E-state index is 9.79. The van der Waals surface area contributed by atoms with Crippen LogP contribution in [0.5, 0.6) is 0 Å². The number of aliphatic carboxylic acids is 2. The van der Waals surface area contributed by atoms with Crippen LogP contribution in [0.25, 0.3) is 0 Å². The topological polar surface area (TPSA) is 182 Å². The molecule has 0 rings (SSSR count). The predicted octanol–water partition coefficient (Wildman–Crippen LogP) is -1.62. The van der Waals surface area contributed by atoms with Gasteiger partial charge in [0, 0.05) is 0 Å². The quantitative estimate of drug-likeness (QED) is 0.186. The van der Waals surface area contributed by atoms with Crippen molar-refractivity contribution in [2.45, 2.75) is 12.2 Å². The number of aliphatic hydroxyl groups is 2. The van der Waals surface area contributed by atoms with Crippen LogP contribution in [0.1, 0.15) is 6.42 Å². The molecule has 0 aliphatic rings. The average molecular weight is 228 g/mol. The van der Waals surface area contributed by atoms with Crippen LogP contribution in [-0.2, 0) is 14.5 Å². The van der Waals surface area contributed by atoms with Gasteiger partial charge in [-0.2, -0.15) is 5.26 Å². The van der Waals surface area contributed by atoms with Gasteiger partial charge in [-0.1, -0.05) is 0 Å². The van der Waals surface area contributed by atoms with Gasteiger partial charge in [0.05, 0.1) is 0 Å². The van der Waals surface area contributed by atoms with Crippen molar-refractivity contribution < 1.29 is 50.1 Å². The number of hydrogen-bond acceptors (Lipinski definition) is 7. The molecule has 0 bridgehead atoms. The second-order valence-electron chi connectivity index (χ2n) is 2.05. The minimum Gasteiger partial charge on any atom is -0.481 e. The molecule has 0 saturated carbocycles. The lowest BCUT2D eigenvalue weighted by atomic mass is 10.2. The molecule has 0 saturated heterocycles. The molecule has 0 aromatic rings. The monoisotopic (exact) mass is 228 g/mol. The van der Waals surface area contributed by atoms with Gasteiger partial charge < -0.3 is 25.5 Å². The first-order chi connectivity index (χ1) is 6.63. The summed E-state index contributed by atoms with van der Waals surface area (Å²) in [4.78, 5) is 31.1. The molecule has 0 atom stereocenters. The van der Waals surface area contributed by atoms with Gasteiger partial charge >= 0.3 is 18.1 Å². The summed E-state index contributed by atoms with van der Waals surface area (Å²) in [5, 5.41) is 46.8. The number of rotatable bonds is 3. The lowest BCUT2D eigenvalue weighted by molar-refractivity contribution is -0.208. The Morgan fingerprint density at radius 1 is 1.07 bits per heavy atom. The summed E-state index contributed by atoms with van der Waals surface area (Å²) in [6.07, 6.45) is -2.92. The van der Waals surface area contributed by atoms with Crippen molar-refractivity contribution >= 4 is 18.1 Å². The molecule has 0 spiro atoms. The third-order valence-corrected chi connectivity index (χ3v) is 0.818. The third kappa shape index (κ3) is 10.0. The van der Waals surface area contributed by atoms with Crippen molar-refractivity contribution in [3.63, 3.8) is 0 Å². The fraction of sp³-hybridized carbons (Fsp3) is 0.400. The molecule has 10 heteroatoms. The van der Waals surface area contributed by atoms with E-state index < -0.39 is 30.3 Å². The number of carbonyl (C=O) groups is 3. The van der Waals surface area contributed by atoms with Crippen molar-refractivity contribution in [2.75, 3.05) is 0 Å². The zero-order valence-corrected chi connectivity index (χ0v) is 7.02. The highest BCUT2D eigenvalue weighted by atomic mass is 17.1. The van der Waals surface area contributed by atoms with Gasteiger partial charge in [-0.15, -0.1) is 0 Å². The number of hydrogen-bond donors (Lipinski definition) is 6. The maximum absolute atomic E-state index is 9.79. The summed E-state index contributed by atoms with van der Waals surface area (Å²) < 4.78 is 0. The molecule has 0 fully saturated rings. The smallest absolute Gasteiger partial charge is 0.481 e. The van der Waals surface area contributed by atoms with Crippen molar-refractivity contribution in [3.05, 3.63) is 0 Å². The van der Waals surface area contributed by atoms with Gasteiger partial charge in [0.2, 0.25) is 0 Å². The third-order valence-electron chi connectivity index (χ3n) is 0.818. The van der Waals surface area contributed by atoms with E-state index in [0.29, 0.717) is 0 Å². The lowest BCUT2D eigenvalue weighted by Gasteiger charge is -2.12. The van der Waals surface area contributed by atoms with E-state index in [4.69, 9.17) is 35.6 Å². The molecule has 6 N–H and O–H groups in total. The minimum absolute atomic E-state index is 1.23. The van der Waals surface area contributed by atoms with Gasteiger partial charge in [0.15, 0.2) is 0 Å². The molecule has 0 aliphatic heterocycles. The van der Waals surface area contributed by atoms with Crippen LogP contribution in [-0.4, -0.2) is 54.7 Å². The van der Waals surface area contributed by atoms with Crippen LogP contribution >= 0.6 is 0 Å². The molecule has 0 amide bonds. The normalized spacial score (nSPS) is 9.53. The van der Waals surface area contributed by atoms with E-state index in [1.165, 1.54) is 0 Å². The Kier molecular flexibility index (Phi) is 6.77. The SMILES string of the molecule is O=C(O)CC(O)(O)C(=O)O.O=C(O)OO. The highest BCUT2D eigenvalue weighted by Gasteiger charge is 2.35. The summed E-state index contributed by atoms with van der Waals surface area (Å²) in [5.41, 5.74) is 0. The largest absolute Gasteiger partial charge is 0.537 e. The predicted molar refractivity (Wildman–Crippen MR) is 38.8 cm³/mol. The Labute approximate surface area is 81.5 Å². The summed E-state index contributed by atoms with van der Waals surface area (Å²) in [6, 6.07) is 0. The van der Waals surface area contributed by atoms with Crippen molar-refractivity contribution in [3.8, 4) is 0 Å². The second-order valence-corrected chi connectivity index (χ2v) is 2.05. The Hall–Kier alpha value is -1.91. The van der Waals surface area contributed by atoms with Crippen molar-refractivity contribution in [1.29, 1.82) is 0 Å². The Morgan fingerprint density at radius 2 is 1.40 bits per heavy atom. The zero-order valence-electron chi connectivity index (χ0n) is 7.02. The van der Waals surface area contributed by atoms with E-state index in [2.05, 4.69) is 4.89 Å². The first kappa shape index (κ1) is 15.6. The molecule has 0 aliphatic carbocycles. The summed E-state index contributed by atoms with van der Waals surface area (Å²) in [7, 11) is 0. The van der Waals surface area contributed by atoms with Crippen LogP contribution < -0.4 is 0 Å². The van der Waals surface area contributed by atoms with Crippen molar-refractivity contribution in [1.82, 2.24) is 0 Å². The molecule has 15 heavy (non-hydrogen) atoms. The van der Waals surface area contributed by atoms with Crippen LogP contribution in [0.3, 0.4) is 0 Å². The van der Waals surface area contributed by atoms with Gasteiger partial charge in [-0.3, -0.25) is 9.68 Å². The molecular formula is C5H8O10. The van der Waals surface area contributed by atoms with Gasteiger partial charge in [-0.05, 0) is 0 Å². The average Bonchev–Trinajstić information content (AvgIpc) is 2.02. The lowest BCUT2D eigenvalue weighted by Crippen LogP contribution is -2.40. The van der Waals surface area contributed by atoms with E-state index in [0.717, 1.165) is 0 Å². The van der Waals surface area contributed by atoms with Crippen LogP contribution in [0.15, 0.2) is 0 Å². The molecule has 0 heterocycles. The van der Waals surface area contributed by atoms with E-state index in [9.17, 15) is 9.59 Å². The van der Waals surface area contributed by atoms with E-state index in [1.54, 1.807) is 0 Å². The Balaban J connectivity index is 0. The maximum Gasteiger partial charge on any atom is 0.537 e. The summed E-state index contributed by atoms with van der Waals surface area (Å²) in [5.74, 6) is -6.73. The Bertz CT molecular complexity index is 242. The molecule has 88 valence electrons. The molecule has 0 aromatic carbocycles. The van der Waals surface area contributed by atoms with Crippen LogP contribution in [0, 0.1) is 0 Å². The second kappa shape index (κ2) is 6.53. The van der Waals surface area contributed by atoms with E-state index >= 15 is 0 Å².